The van der Waals surface area contributed by atoms with Crippen LogP contribution >= 0.6 is 0 Å². The van der Waals surface area contributed by atoms with Crippen LogP contribution in [-0.4, -0.2) is 90.3 Å². The van der Waals surface area contributed by atoms with Crippen molar-refractivity contribution in [2.45, 2.75) is 12.0 Å². The number of rotatable bonds is 7. The van der Waals surface area contributed by atoms with Crippen LogP contribution in [0, 0.1) is 0 Å². The van der Waals surface area contributed by atoms with Crippen molar-refractivity contribution in [3.63, 3.8) is 0 Å². The summed E-state index contributed by atoms with van der Waals surface area (Å²) in [7, 11) is 0. The zero-order valence-electron chi connectivity index (χ0n) is 17.5. The average Bonchev–Trinajstić information content (AvgIpc) is 2.80. The van der Waals surface area contributed by atoms with Gasteiger partial charge in [0.25, 0.3) is 5.56 Å². The lowest BCUT2D eigenvalue weighted by Crippen LogP contribution is -2.47. The van der Waals surface area contributed by atoms with E-state index in [1.807, 2.05) is 18.2 Å². The van der Waals surface area contributed by atoms with Crippen molar-refractivity contribution in [2.24, 2.45) is 0 Å². The maximum Gasteiger partial charge on any atom is 0.272 e. The van der Waals surface area contributed by atoms with Crippen LogP contribution in [0.25, 0.3) is 10.8 Å². The lowest BCUT2D eigenvalue weighted by atomic mass is 9.86. The average molecular weight is 425 g/mol. The number of fused-ring (bicyclic) bond motifs is 2. The van der Waals surface area contributed by atoms with E-state index in [1.54, 1.807) is 0 Å². The van der Waals surface area contributed by atoms with Crippen LogP contribution in [0.1, 0.15) is 11.6 Å². The Labute approximate surface area is 180 Å². The van der Waals surface area contributed by atoms with Crippen molar-refractivity contribution < 1.29 is 14.6 Å². The largest absolute Gasteiger partial charge is 0.485 e. The van der Waals surface area contributed by atoms with E-state index in [9.17, 15) is 4.79 Å². The Hall–Kier alpha value is -2.52. The third-order valence-corrected chi connectivity index (χ3v) is 6.29. The highest BCUT2D eigenvalue weighted by Gasteiger charge is 2.33. The van der Waals surface area contributed by atoms with Gasteiger partial charge in [-0.1, -0.05) is 18.2 Å². The lowest BCUT2D eigenvalue weighted by molar-refractivity contribution is 0.0591. The summed E-state index contributed by atoms with van der Waals surface area (Å²) < 4.78 is 11.6. The molecule has 1 aromatic carbocycles. The molecular weight excluding hydrogens is 396 g/mol. The molecule has 0 amide bonds. The number of aromatic nitrogens is 2. The minimum atomic E-state index is -0.183. The number of aromatic amines is 1. The molecule has 0 bridgehead atoms. The second kappa shape index (κ2) is 8.92. The maximum atomic E-state index is 12.2. The molecule has 2 aliphatic heterocycles. The molecule has 2 N–H and O–H groups in total. The molecule has 1 fully saturated rings. The van der Waals surface area contributed by atoms with Gasteiger partial charge in [0.15, 0.2) is 0 Å². The van der Waals surface area contributed by atoms with E-state index in [0.29, 0.717) is 18.6 Å². The number of ether oxygens (including phenoxy) is 2. The monoisotopic (exact) mass is 424 g/mol. The summed E-state index contributed by atoms with van der Waals surface area (Å²) in [5.74, 6) is 0.729. The highest BCUT2D eigenvalue weighted by Crippen LogP contribution is 2.41. The van der Waals surface area contributed by atoms with Gasteiger partial charge in [-0.2, -0.15) is 5.10 Å². The number of benzene rings is 1. The summed E-state index contributed by atoms with van der Waals surface area (Å²) in [5.41, 5.74) is 1.96. The number of nitrogens with one attached hydrogen (secondary N) is 1. The van der Waals surface area contributed by atoms with Gasteiger partial charge < -0.3 is 14.6 Å². The molecule has 2 aromatic rings. The fraction of sp³-hybridized carbons (Fsp3) is 0.478. The molecule has 164 valence electrons. The molecule has 31 heavy (non-hydrogen) atoms. The Kier molecular flexibility index (Phi) is 5.87. The van der Waals surface area contributed by atoms with Crippen molar-refractivity contribution in [2.75, 3.05) is 59.1 Å². The van der Waals surface area contributed by atoms with Crippen molar-refractivity contribution in [3.05, 3.63) is 58.0 Å². The molecule has 8 nitrogen and oxygen atoms in total. The maximum absolute atomic E-state index is 12.2. The predicted octanol–water partition coefficient (Wildman–Crippen LogP) is 0.890. The number of aliphatic hydroxyl groups excluding tert-OH is 1. The minimum absolute atomic E-state index is 0.000729. The highest BCUT2D eigenvalue weighted by molar-refractivity contribution is 5.91. The van der Waals surface area contributed by atoms with Crippen LogP contribution < -0.4 is 10.3 Å². The molecule has 0 radical (unpaired) electrons. The fourth-order valence-electron chi connectivity index (χ4n) is 4.66. The Balaban J connectivity index is 1.26. The molecule has 8 heteroatoms. The van der Waals surface area contributed by atoms with E-state index >= 15 is 0 Å². The SMILES string of the molecule is O=c1[nH]nc2c3c(cccc13)OC1C=CC(CN3CCN(CCOCCO)CC3)=CC21. The number of hydrogen-bond donors (Lipinski definition) is 2. The highest BCUT2D eigenvalue weighted by atomic mass is 16.5. The van der Waals surface area contributed by atoms with Crippen molar-refractivity contribution in [3.8, 4) is 5.75 Å². The number of H-pyrrole nitrogens is 1. The van der Waals surface area contributed by atoms with Gasteiger partial charge in [0, 0.05) is 39.3 Å². The van der Waals surface area contributed by atoms with Crippen molar-refractivity contribution in [1.82, 2.24) is 20.0 Å². The quantitative estimate of drug-likeness (QED) is 0.638. The van der Waals surface area contributed by atoms with E-state index in [4.69, 9.17) is 14.6 Å². The molecule has 1 aromatic heterocycles. The third kappa shape index (κ3) is 4.16. The number of nitrogens with zero attached hydrogens (tertiary/aromatic N) is 3. The first-order valence-electron chi connectivity index (χ1n) is 10.9. The smallest absolute Gasteiger partial charge is 0.272 e. The van der Waals surface area contributed by atoms with Gasteiger partial charge in [-0.05, 0) is 23.8 Å². The van der Waals surface area contributed by atoms with E-state index in [1.165, 1.54) is 5.57 Å². The molecule has 3 aliphatic rings. The minimum Gasteiger partial charge on any atom is -0.485 e. The van der Waals surface area contributed by atoms with Crippen molar-refractivity contribution in [1.29, 1.82) is 0 Å². The van der Waals surface area contributed by atoms with E-state index in [-0.39, 0.29) is 24.2 Å². The summed E-state index contributed by atoms with van der Waals surface area (Å²) in [6.07, 6.45) is 6.42. The van der Waals surface area contributed by atoms with Crippen molar-refractivity contribution >= 4 is 10.8 Å². The molecule has 5 rings (SSSR count). The zero-order chi connectivity index (χ0) is 21.2. The van der Waals surface area contributed by atoms with Crippen LogP contribution in [0.2, 0.25) is 0 Å². The molecule has 2 atom stereocenters. The summed E-state index contributed by atoms with van der Waals surface area (Å²) in [5, 5.41) is 17.3. The Morgan fingerprint density at radius 1 is 1.19 bits per heavy atom. The lowest BCUT2D eigenvalue weighted by Gasteiger charge is -2.36. The second-order valence-electron chi connectivity index (χ2n) is 8.28. The van der Waals surface area contributed by atoms with E-state index in [2.05, 4.69) is 38.2 Å². The zero-order valence-corrected chi connectivity index (χ0v) is 17.5. The van der Waals surface area contributed by atoms with E-state index in [0.717, 1.165) is 56.1 Å². The summed E-state index contributed by atoms with van der Waals surface area (Å²) in [4.78, 5) is 17.1. The molecular formula is C23H28N4O4. The van der Waals surface area contributed by atoms with Crippen LogP contribution in [0.5, 0.6) is 5.75 Å². The number of piperazine rings is 1. The Morgan fingerprint density at radius 2 is 2.03 bits per heavy atom. The molecule has 1 saturated heterocycles. The Morgan fingerprint density at radius 3 is 2.87 bits per heavy atom. The fourth-order valence-corrected chi connectivity index (χ4v) is 4.66. The standard InChI is InChI=1S/C23H28N4O4/c28-11-13-30-12-10-26-6-8-27(9-7-26)15-16-4-5-19-18(14-16)22-21-17(23(29)25-24-22)2-1-3-20(21)31-19/h1-5,14,18-19,28H,6-13,15H2,(H,25,29). The first-order valence-corrected chi connectivity index (χ1v) is 10.9. The first kappa shape index (κ1) is 20.4. The Bertz CT molecular complexity index is 1060. The van der Waals surface area contributed by atoms with Gasteiger partial charge in [-0.3, -0.25) is 14.6 Å². The molecule has 1 aliphatic carbocycles. The van der Waals surface area contributed by atoms with Crippen LogP contribution in [0.15, 0.2) is 46.8 Å². The predicted molar refractivity (Wildman–Crippen MR) is 118 cm³/mol. The molecule has 0 spiro atoms. The van der Waals surface area contributed by atoms with Gasteiger partial charge >= 0.3 is 0 Å². The summed E-state index contributed by atoms with van der Waals surface area (Å²) >= 11 is 0. The van der Waals surface area contributed by atoms with Gasteiger partial charge in [-0.25, -0.2) is 5.10 Å². The molecule has 2 unspecified atom stereocenters. The third-order valence-electron chi connectivity index (χ3n) is 6.29. The molecule has 3 heterocycles. The van der Waals surface area contributed by atoms with Gasteiger partial charge in [0.1, 0.15) is 11.9 Å². The van der Waals surface area contributed by atoms with Gasteiger partial charge in [0.2, 0.25) is 0 Å². The van der Waals surface area contributed by atoms with E-state index < -0.39 is 0 Å². The molecule has 0 saturated carbocycles. The van der Waals surface area contributed by atoms with Crippen LogP contribution in [0.4, 0.5) is 0 Å². The van der Waals surface area contributed by atoms with Crippen LogP contribution in [0.3, 0.4) is 0 Å². The normalized spacial score (nSPS) is 23.5. The van der Waals surface area contributed by atoms with Gasteiger partial charge in [0.05, 0.1) is 42.2 Å². The van der Waals surface area contributed by atoms with Gasteiger partial charge in [-0.15, -0.1) is 0 Å². The topological polar surface area (TPSA) is 90.9 Å². The second-order valence-corrected chi connectivity index (χ2v) is 8.28. The number of aliphatic hydroxyl groups is 1. The summed E-state index contributed by atoms with van der Waals surface area (Å²) in [6.45, 7) is 7.02. The van der Waals surface area contributed by atoms with Crippen LogP contribution in [-0.2, 0) is 4.74 Å². The first-order chi connectivity index (χ1) is 15.2. The summed E-state index contributed by atoms with van der Waals surface area (Å²) in [6, 6.07) is 5.58. The number of hydrogen-bond acceptors (Lipinski definition) is 7.